The monoisotopic (exact) mass is 248 g/mol. The molecule has 2 aromatic heterocycles. The second-order valence-corrected chi connectivity index (χ2v) is 4.45. The molecule has 0 bridgehead atoms. The van der Waals surface area contributed by atoms with Gasteiger partial charge in [-0.25, -0.2) is 0 Å². The van der Waals surface area contributed by atoms with Gasteiger partial charge in [0.15, 0.2) is 0 Å². The highest BCUT2D eigenvalue weighted by Gasteiger charge is 2.14. The third-order valence-electron chi connectivity index (χ3n) is 3.15. The first-order valence-electron chi connectivity index (χ1n) is 6.36. The van der Waals surface area contributed by atoms with Crippen LogP contribution in [0, 0.1) is 0 Å². The van der Waals surface area contributed by atoms with Crippen LogP contribution in [0.4, 0.5) is 0 Å². The van der Waals surface area contributed by atoms with E-state index >= 15 is 0 Å². The van der Waals surface area contributed by atoms with Crippen molar-refractivity contribution in [3.63, 3.8) is 0 Å². The van der Waals surface area contributed by atoms with E-state index in [4.69, 9.17) is 0 Å². The summed E-state index contributed by atoms with van der Waals surface area (Å²) in [5, 5.41) is 18.8. The van der Waals surface area contributed by atoms with E-state index in [1.165, 1.54) is 0 Å². The molecule has 18 heavy (non-hydrogen) atoms. The van der Waals surface area contributed by atoms with Gasteiger partial charge in [0.1, 0.15) is 0 Å². The summed E-state index contributed by atoms with van der Waals surface area (Å²) in [6.07, 6.45) is 4.58. The predicted octanol–water partition coefficient (Wildman–Crippen LogP) is 1.47. The zero-order valence-electron chi connectivity index (χ0n) is 11.2. The third kappa shape index (κ3) is 2.61. The Bertz CT molecular complexity index is 515. The summed E-state index contributed by atoms with van der Waals surface area (Å²) in [5.41, 5.74) is 2.96. The standard InChI is InChI=1S/C13H20N4O/c1-4-11-6-12(16(3)15-11)7-13(18)10-8-14-17(5-2)9-10/h6,8-9,13,18H,4-5,7H2,1-3H3. The number of nitrogens with zero attached hydrogens (tertiary/aromatic N) is 4. The normalized spacial score (nSPS) is 12.9. The second-order valence-electron chi connectivity index (χ2n) is 4.45. The molecule has 1 atom stereocenters. The molecule has 0 fully saturated rings. The van der Waals surface area contributed by atoms with E-state index in [1.54, 1.807) is 6.20 Å². The van der Waals surface area contributed by atoms with Crippen molar-refractivity contribution < 1.29 is 5.11 Å². The van der Waals surface area contributed by atoms with Crippen LogP contribution in [0.1, 0.15) is 36.9 Å². The number of aliphatic hydroxyl groups is 1. The van der Waals surface area contributed by atoms with E-state index in [2.05, 4.69) is 17.1 Å². The molecule has 2 aromatic rings. The van der Waals surface area contributed by atoms with Crippen molar-refractivity contribution in [1.29, 1.82) is 0 Å². The van der Waals surface area contributed by atoms with Crippen LogP contribution in [0.5, 0.6) is 0 Å². The van der Waals surface area contributed by atoms with Gasteiger partial charge < -0.3 is 5.11 Å². The number of aryl methyl sites for hydroxylation is 3. The first-order valence-corrected chi connectivity index (χ1v) is 6.36. The maximum absolute atomic E-state index is 10.2. The lowest BCUT2D eigenvalue weighted by atomic mass is 10.1. The molecule has 1 unspecified atom stereocenters. The van der Waals surface area contributed by atoms with Crippen LogP contribution in [0.2, 0.25) is 0 Å². The second kappa shape index (κ2) is 5.35. The van der Waals surface area contributed by atoms with Crippen LogP contribution >= 0.6 is 0 Å². The number of rotatable bonds is 5. The maximum atomic E-state index is 10.2. The fourth-order valence-electron chi connectivity index (χ4n) is 1.98. The Hall–Kier alpha value is -1.62. The average Bonchev–Trinajstić information content (AvgIpc) is 2.96. The Kier molecular flexibility index (Phi) is 3.81. The van der Waals surface area contributed by atoms with E-state index in [0.29, 0.717) is 6.42 Å². The zero-order chi connectivity index (χ0) is 13.1. The molecule has 1 N–H and O–H groups in total. The molecular weight excluding hydrogens is 228 g/mol. The summed E-state index contributed by atoms with van der Waals surface area (Å²) in [6, 6.07) is 2.05. The summed E-state index contributed by atoms with van der Waals surface area (Å²) in [6.45, 7) is 4.92. The number of aromatic nitrogens is 4. The van der Waals surface area contributed by atoms with E-state index in [0.717, 1.165) is 29.9 Å². The summed E-state index contributed by atoms with van der Waals surface area (Å²) < 4.78 is 3.66. The Morgan fingerprint density at radius 1 is 1.39 bits per heavy atom. The number of hydrogen-bond acceptors (Lipinski definition) is 3. The summed E-state index contributed by atoms with van der Waals surface area (Å²) in [7, 11) is 1.91. The van der Waals surface area contributed by atoms with Crippen molar-refractivity contribution in [1.82, 2.24) is 19.6 Å². The van der Waals surface area contributed by atoms with Gasteiger partial charge in [0, 0.05) is 37.5 Å². The molecule has 0 aliphatic rings. The summed E-state index contributed by atoms with van der Waals surface area (Å²) in [5.74, 6) is 0. The molecule has 0 amide bonds. The van der Waals surface area contributed by atoms with Crippen molar-refractivity contribution in [2.45, 2.75) is 39.3 Å². The summed E-state index contributed by atoms with van der Waals surface area (Å²) in [4.78, 5) is 0. The van der Waals surface area contributed by atoms with Gasteiger partial charge in [-0.15, -0.1) is 0 Å². The van der Waals surface area contributed by atoms with Gasteiger partial charge in [-0.05, 0) is 19.4 Å². The minimum absolute atomic E-state index is 0.523. The number of aliphatic hydroxyl groups excluding tert-OH is 1. The average molecular weight is 248 g/mol. The lowest BCUT2D eigenvalue weighted by Gasteiger charge is -2.08. The van der Waals surface area contributed by atoms with Crippen molar-refractivity contribution in [3.8, 4) is 0 Å². The highest BCUT2D eigenvalue weighted by Crippen LogP contribution is 2.18. The molecule has 98 valence electrons. The Balaban J connectivity index is 2.10. The molecule has 5 nitrogen and oxygen atoms in total. The lowest BCUT2D eigenvalue weighted by Crippen LogP contribution is -2.06. The van der Waals surface area contributed by atoms with Crippen LogP contribution < -0.4 is 0 Å². The molecule has 0 aliphatic carbocycles. The van der Waals surface area contributed by atoms with Gasteiger partial charge in [-0.1, -0.05) is 6.92 Å². The SMILES string of the molecule is CCc1cc(CC(O)c2cnn(CC)c2)n(C)n1. The fourth-order valence-corrected chi connectivity index (χ4v) is 1.98. The molecule has 0 spiro atoms. The van der Waals surface area contributed by atoms with E-state index in [1.807, 2.05) is 35.6 Å². The lowest BCUT2D eigenvalue weighted by molar-refractivity contribution is 0.175. The maximum Gasteiger partial charge on any atom is 0.0875 e. The smallest absolute Gasteiger partial charge is 0.0875 e. The molecule has 2 rings (SSSR count). The van der Waals surface area contributed by atoms with Crippen LogP contribution in [0.25, 0.3) is 0 Å². The largest absolute Gasteiger partial charge is 0.388 e. The van der Waals surface area contributed by atoms with Crippen LogP contribution in [0.15, 0.2) is 18.5 Å². The van der Waals surface area contributed by atoms with Gasteiger partial charge in [0.25, 0.3) is 0 Å². The molecule has 5 heteroatoms. The van der Waals surface area contributed by atoms with Gasteiger partial charge in [-0.3, -0.25) is 9.36 Å². The molecular formula is C13H20N4O. The molecule has 0 radical (unpaired) electrons. The van der Waals surface area contributed by atoms with Crippen molar-refractivity contribution in [2.24, 2.45) is 7.05 Å². The minimum Gasteiger partial charge on any atom is -0.388 e. The molecule has 0 saturated heterocycles. The van der Waals surface area contributed by atoms with Crippen LogP contribution in [0.3, 0.4) is 0 Å². The molecule has 0 aliphatic heterocycles. The highest BCUT2D eigenvalue weighted by molar-refractivity contribution is 5.16. The third-order valence-corrected chi connectivity index (χ3v) is 3.15. The van der Waals surface area contributed by atoms with E-state index in [9.17, 15) is 5.11 Å². The Labute approximate surface area is 107 Å². The van der Waals surface area contributed by atoms with E-state index in [-0.39, 0.29) is 0 Å². The van der Waals surface area contributed by atoms with Gasteiger partial charge in [0.05, 0.1) is 18.0 Å². The Morgan fingerprint density at radius 3 is 2.72 bits per heavy atom. The van der Waals surface area contributed by atoms with Crippen LogP contribution in [-0.2, 0) is 26.4 Å². The van der Waals surface area contributed by atoms with E-state index < -0.39 is 6.10 Å². The predicted molar refractivity (Wildman–Crippen MR) is 69.2 cm³/mol. The van der Waals surface area contributed by atoms with Crippen molar-refractivity contribution in [3.05, 3.63) is 35.4 Å². The first-order chi connectivity index (χ1) is 8.63. The molecule has 2 heterocycles. The van der Waals surface area contributed by atoms with Crippen molar-refractivity contribution >= 4 is 0 Å². The number of hydrogen-bond donors (Lipinski definition) is 1. The molecule has 0 saturated carbocycles. The van der Waals surface area contributed by atoms with Gasteiger partial charge >= 0.3 is 0 Å². The topological polar surface area (TPSA) is 55.9 Å². The highest BCUT2D eigenvalue weighted by atomic mass is 16.3. The molecule has 0 aromatic carbocycles. The summed E-state index contributed by atoms with van der Waals surface area (Å²) >= 11 is 0. The van der Waals surface area contributed by atoms with Crippen LogP contribution in [-0.4, -0.2) is 24.7 Å². The van der Waals surface area contributed by atoms with Crippen molar-refractivity contribution in [2.75, 3.05) is 0 Å². The van der Waals surface area contributed by atoms with Gasteiger partial charge in [0.2, 0.25) is 0 Å². The zero-order valence-corrected chi connectivity index (χ0v) is 11.2. The Morgan fingerprint density at radius 2 is 2.17 bits per heavy atom. The van der Waals surface area contributed by atoms with Gasteiger partial charge in [-0.2, -0.15) is 10.2 Å². The first kappa shape index (κ1) is 12.8. The fraction of sp³-hybridized carbons (Fsp3) is 0.538. The minimum atomic E-state index is -0.523. The quantitative estimate of drug-likeness (QED) is 0.872.